The van der Waals surface area contributed by atoms with Gasteiger partial charge in [-0.05, 0) is 0 Å². The second-order valence-corrected chi connectivity index (χ2v) is 1.02. The highest BCUT2D eigenvalue weighted by molar-refractivity contribution is 6.15. The molecule has 0 aromatic heterocycles. The first-order chi connectivity index (χ1) is 3.91. The van der Waals surface area contributed by atoms with Gasteiger partial charge in [0.1, 0.15) is 0 Å². The molecule has 0 aromatic rings. The summed E-state index contributed by atoms with van der Waals surface area (Å²) in [6, 6.07) is 0. The third kappa shape index (κ3) is 4.88. The van der Waals surface area contributed by atoms with Gasteiger partial charge >= 0.3 is 0 Å². The molecule has 0 heterocycles. The van der Waals surface area contributed by atoms with Crippen LogP contribution in [0.1, 0.15) is 0 Å². The van der Waals surface area contributed by atoms with Crippen molar-refractivity contribution in [3.8, 4) is 0 Å². The zero-order valence-corrected chi connectivity index (χ0v) is 4.83. The van der Waals surface area contributed by atoms with Crippen LogP contribution < -0.4 is 5.43 Å². The number of aliphatic imine (C=N–C) groups is 1. The van der Waals surface area contributed by atoms with E-state index in [1.807, 2.05) is 0 Å². The smallest absolute Gasteiger partial charge is 0.0650 e. The number of hydrogen-bond donors (Lipinski definition) is 1. The standard InChI is InChI=1S/C5H9N3/c1-3-7-8-5-4-6-2/h3-5,7H,1H2,2H3/b6-4+,8-5+. The Bertz CT molecular complexity index is 104. The van der Waals surface area contributed by atoms with Crippen LogP contribution in [0.5, 0.6) is 0 Å². The fourth-order valence-electron chi connectivity index (χ4n) is 0.196. The summed E-state index contributed by atoms with van der Waals surface area (Å²) in [5.74, 6) is 0. The van der Waals surface area contributed by atoms with E-state index in [0.29, 0.717) is 0 Å². The molecule has 3 heteroatoms. The van der Waals surface area contributed by atoms with Gasteiger partial charge in [-0.1, -0.05) is 6.58 Å². The van der Waals surface area contributed by atoms with E-state index in [4.69, 9.17) is 0 Å². The molecule has 0 spiro atoms. The number of nitrogens with one attached hydrogen (secondary N) is 1. The highest BCUT2D eigenvalue weighted by atomic mass is 15.3. The molecule has 0 atom stereocenters. The van der Waals surface area contributed by atoms with Crippen LogP contribution in [0.2, 0.25) is 0 Å². The normalized spacial score (nSPS) is 10.6. The van der Waals surface area contributed by atoms with Crippen LogP contribution in [0.15, 0.2) is 22.9 Å². The third-order valence-corrected chi connectivity index (χ3v) is 0.456. The van der Waals surface area contributed by atoms with E-state index in [9.17, 15) is 0 Å². The minimum absolute atomic E-state index is 1.49. The molecule has 0 saturated heterocycles. The molecule has 0 amide bonds. The van der Waals surface area contributed by atoms with E-state index >= 15 is 0 Å². The van der Waals surface area contributed by atoms with Crippen molar-refractivity contribution in [2.75, 3.05) is 7.05 Å². The SMILES string of the molecule is C=CN/N=C/C=N/C. The van der Waals surface area contributed by atoms with Gasteiger partial charge in [0.25, 0.3) is 0 Å². The maximum atomic E-state index is 3.66. The molecule has 0 aliphatic heterocycles. The Kier molecular flexibility index (Phi) is 5.06. The predicted molar refractivity (Wildman–Crippen MR) is 36.2 cm³/mol. The summed E-state index contributed by atoms with van der Waals surface area (Å²) in [5, 5.41) is 3.64. The first kappa shape index (κ1) is 6.88. The van der Waals surface area contributed by atoms with Crippen molar-refractivity contribution >= 4 is 12.4 Å². The highest BCUT2D eigenvalue weighted by Crippen LogP contribution is 1.53. The van der Waals surface area contributed by atoms with Gasteiger partial charge in [-0.25, -0.2) is 0 Å². The number of hydrazone groups is 1. The lowest BCUT2D eigenvalue weighted by Gasteiger charge is -1.80. The van der Waals surface area contributed by atoms with Crippen LogP contribution >= 0.6 is 0 Å². The lowest BCUT2D eigenvalue weighted by molar-refractivity contribution is 0.983. The van der Waals surface area contributed by atoms with E-state index in [0.717, 1.165) is 0 Å². The molecule has 3 nitrogen and oxygen atoms in total. The Morgan fingerprint density at radius 1 is 1.50 bits per heavy atom. The predicted octanol–water partition coefficient (Wildman–Crippen LogP) is 0.406. The highest BCUT2D eigenvalue weighted by Gasteiger charge is 1.58. The molecule has 0 aliphatic rings. The molecule has 0 aromatic carbocycles. The molecule has 0 fully saturated rings. The molecule has 44 valence electrons. The molecule has 0 rings (SSSR count). The first-order valence-electron chi connectivity index (χ1n) is 2.22. The van der Waals surface area contributed by atoms with Crippen LogP contribution in [-0.4, -0.2) is 19.5 Å². The second-order valence-electron chi connectivity index (χ2n) is 1.02. The van der Waals surface area contributed by atoms with E-state index in [2.05, 4.69) is 22.1 Å². The quantitative estimate of drug-likeness (QED) is 0.415. The summed E-state index contributed by atoms with van der Waals surface area (Å²) in [6.45, 7) is 3.39. The fourth-order valence-corrected chi connectivity index (χ4v) is 0.196. The third-order valence-electron chi connectivity index (χ3n) is 0.456. The summed E-state index contributed by atoms with van der Waals surface area (Å²) in [4.78, 5) is 3.66. The molecule has 0 aliphatic carbocycles. The van der Waals surface area contributed by atoms with Crippen molar-refractivity contribution in [3.63, 3.8) is 0 Å². The maximum absolute atomic E-state index is 3.66. The van der Waals surface area contributed by atoms with E-state index in [1.54, 1.807) is 19.5 Å². The van der Waals surface area contributed by atoms with Gasteiger partial charge in [-0.15, -0.1) is 0 Å². The molecule has 0 radical (unpaired) electrons. The Morgan fingerprint density at radius 3 is 2.75 bits per heavy atom. The van der Waals surface area contributed by atoms with Crippen molar-refractivity contribution in [1.82, 2.24) is 5.43 Å². The van der Waals surface area contributed by atoms with Crippen LogP contribution in [0.25, 0.3) is 0 Å². The van der Waals surface area contributed by atoms with Crippen LogP contribution in [0.4, 0.5) is 0 Å². The zero-order valence-electron chi connectivity index (χ0n) is 4.83. The monoisotopic (exact) mass is 111 g/mol. The van der Waals surface area contributed by atoms with Crippen LogP contribution in [0.3, 0.4) is 0 Å². The molecule has 0 saturated carbocycles. The van der Waals surface area contributed by atoms with Crippen LogP contribution in [-0.2, 0) is 0 Å². The summed E-state index contributed by atoms with van der Waals surface area (Å²) in [7, 11) is 1.68. The summed E-state index contributed by atoms with van der Waals surface area (Å²) in [5.41, 5.74) is 2.53. The average molecular weight is 111 g/mol. The Labute approximate surface area is 48.8 Å². The first-order valence-corrected chi connectivity index (χ1v) is 2.22. The maximum Gasteiger partial charge on any atom is 0.0650 e. The summed E-state index contributed by atoms with van der Waals surface area (Å²) < 4.78 is 0. The number of nitrogens with zero attached hydrogens (tertiary/aromatic N) is 2. The van der Waals surface area contributed by atoms with Crippen molar-refractivity contribution in [1.29, 1.82) is 0 Å². The van der Waals surface area contributed by atoms with E-state index in [1.165, 1.54) is 6.20 Å². The molecular weight excluding hydrogens is 102 g/mol. The Balaban J connectivity index is 3.19. The molecule has 1 N–H and O–H groups in total. The van der Waals surface area contributed by atoms with Gasteiger partial charge < -0.3 is 0 Å². The summed E-state index contributed by atoms with van der Waals surface area (Å²) >= 11 is 0. The number of hydrogen-bond acceptors (Lipinski definition) is 3. The van der Waals surface area contributed by atoms with Crippen molar-refractivity contribution in [3.05, 3.63) is 12.8 Å². The molecular formula is C5H9N3. The van der Waals surface area contributed by atoms with Gasteiger partial charge in [-0.3, -0.25) is 10.4 Å². The van der Waals surface area contributed by atoms with Crippen LogP contribution in [0, 0.1) is 0 Å². The molecule has 8 heavy (non-hydrogen) atoms. The van der Waals surface area contributed by atoms with Gasteiger partial charge in [0.15, 0.2) is 0 Å². The van der Waals surface area contributed by atoms with Gasteiger partial charge in [0, 0.05) is 19.5 Å². The lowest BCUT2D eigenvalue weighted by atomic mass is 10.8. The number of rotatable bonds is 3. The minimum Gasteiger partial charge on any atom is -0.295 e. The second kappa shape index (κ2) is 5.88. The minimum atomic E-state index is 1.49. The van der Waals surface area contributed by atoms with Gasteiger partial charge in [0.05, 0.1) is 6.21 Å². The lowest BCUT2D eigenvalue weighted by Crippen LogP contribution is -1.91. The Hall–Kier alpha value is -1.12. The zero-order chi connectivity index (χ0) is 6.24. The Morgan fingerprint density at radius 2 is 2.25 bits per heavy atom. The molecule has 0 unspecified atom stereocenters. The topological polar surface area (TPSA) is 36.8 Å². The van der Waals surface area contributed by atoms with E-state index in [-0.39, 0.29) is 0 Å². The average Bonchev–Trinajstić information content (AvgIpc) is 1.81. The van der Waals surface area contributed by atoms with E-state index < -0.39 is 0 Å². The van der Waals surface area contributed by atoms with Gasteiger partial charge in [-0.2, -0.15) is 5.10 Å². The van der Waals surface area contributed by atoms with Gasteiger partial charge in [0.2, 0.25) is 0 Å². The van der Waals surface area contributed by atoms with Crippen molar-refractivity contribution in [2.45, 2.75) is 0 Å². The largest absolute Gasteiger partial charge is 0.295 e. The summed E-state index contributed by atoms with van der Waals surface area (Å²) in [6.07, 6.45) is 4.61. The fraction of sp³-hybridized carbons (Fsp3) is 0.200. The molecule has 0 bridgehead atoms. The van der Waals surface area contributed by atoms with Crippen molar-refractivity contribution in [2.24, 2.45) is 10.1 Å². The van der Waals surface area contributed by atoms with Crippen molar-refractivity contribution < 1.29 is 0 Å².